The molecule has 0 saturated carbocycles. The molecule has 1 fully saturated rings. The number of esters is 1. The third kappa shape index (κ3) is 4.54. The van der Waals surface area contributed by atoms with Gasteiger partial charge in [-0.2, -0.15) is 0 Å². The molecule has 0 radical (unpaired) electrons. The van der Waals surface area contributed by atoms with E-state index in [1.54, 1.807) is 0 Å². The van der Waals surface area contributed by atoms with E-state index in [-0.39, 0.29) is 5.97 Å². The molecule has 1 saturated heterocycles. The van der Waals surface area contributed by atoms with Crippen LogP contribution >= 0.6 is 23.4 Å². The average molecular weight is 417 g/mol. The molecule has 2 aliphatic rings. The lowest BCUT2D eigenvalue weighted by atomic mass is 9.96. The van der Waals surface area contributed by atoms with Gasteiger partial charge in [0.15, 0.2) is 0 Å². The molecule has 0 aliphatic carbocycles. The van der Waals surface area contributed by atoms with E-state index in [1.165, 1.54) is 27.8 Å². The molecule has 28 heavy (non-hydrogen) atoms. The normalized spacial score (nSPS) is 20.1. The predicted molar refractivity (Wildman–Crippen MR) is 113 cm³/mol. The first kappa shape index (κ1) is 19.8. The summed E-state index contributed by atoms with van der Waals surface area (Å²) in [5.41, 5.74) is 2.74. The Morgan fingerprint density at radius 3 is 2.71 bits per heavy atom. The highest BCUT2D eigenvalue weighted by molar-refractivity contribution is 7.99. The van der Waals surface area contributed by atoms with Crippen molar-refractivity contribution in [2.45, 2.75) is 29.2 Å². The van der Waals surface area contributed by atoms with Gasteiger partial charge in [-0.05, 0) is 41.8 Å². The summed E-state index contributed by atoms with van der Waals surface area (Å²) in [4.78, 5) is 18.6. The van der Waals surface area contributed by atoms with Crippen LogP contribution in [-0.2, 0) is 16.0 Å². The van der Waals surface area contributed by atoms with Crippen LogP contribution in [-0.4, -0.2) is 55.1 Å². The fourth-order valence-corrected chi connectivity index (χ4v) is 5.35. The molecule has 4 rings (SSSR count). The van der Waals surface area contributed by atoms with Crippen LogP contribution < -0.4 is 0 Å². The van der Waals surface area contributed by atoms with Crippen LogP contribution in [0.5, 0.6) is 0 Å². The smallest absolute Gasteiger partial charge is 0.302 e. The van der Waals surface area contributed by atoms with Crippen molar-refractivity contribution in [2.24, 2.45) is 0 Å². The number of carbonyl (C=O) groups is 1. The maximum atomic E-state index is 11.0. The van der Waals surface area contributed by atoms with Crippen molar-refractivity contribution in [1.29, 1.82) is 0 Å². The molecule has 1 atom stereocenters. The van der Waals surface area contributed by atoms with E-state index >= 15 is 0 Å². The van der Waals surface area contributed by atoms with Crippen LogP contribution in [0, 0.1) is 0 Å². The fourth-order valence-electron chi connectivity index (χ4n) is 4.04. The van der Waals surface area contributed by atoms with Crippen molar-refractivity contribution in [3.8, 4) is 0 Å². The standard InChI is InChI=1S/C22H25ClN2O2S/c1-16(26)27-13-12-24-8-10-25(11-9-24)20-15-17-14-18(23)6-7-21(17)28-22-5-3-2-4-19(20)22/h2-7,14,20H,8-13,15H2,1H3. The number of ether oxygens (including phenoxy) is 1. The summed E-state index contributed by atoms with van der Waals surface area (Å²) in [5.74, 6) is -0.205. The van der Waals surface area contributed by atoms with Gasteiger partial charge in [0, 0.05) is 60.5 Å². The number of hydrogen-bond acceptors (Lipinski definition) is 5. The molecule has 1 unspecified atom stereocenters. The molecule has 148 valence electrons. The number of hydrogen-bond donors (Lipinski definition) is 0. The first-order valence-electron chi connectivity index (χ1n) is 9.75. The van der Waals surface area contributed by atoms with Crippen LogP contribution in [0.25, 0.3) is 0 Å². The first-order valence-corrected chi connectivity index (χ1v) is 10.9. The van der Waals surface area contributed by atoms with Crippen molar-refractivity contribution < 1.29 is 9.53 Å². The third-order valence-corrected chi connectivity index (χ3v) is 6.94. The molecule has 0 spiro atoms. The number of piperazine rings is 1. The number of fused-ring (bicyclic) bond motifs is 2. The molecule has 0 aromatic heterocycles. The van der Waals surface area contributed by atoms with Crippen LogP contribution in [0.2, 0.25) is 5.02 Å². The van der Waals surface area contributed by atoms with Gasteiger partial charge in [0.05, 0.1) is 0 Å². The van der Waals surface area contributed by atoms with Crippen molar-refractivity contribution in [3.05, 3.63) is 58.6 Å². The van der Waals surface area contributed by atoms with Crippen molar-refractivity contribution in [3.63, 3.8) is 0 Å². The van der Waals surface area contributed by atoms with Crippen molar-refractivity contribution in [2.75, 3.05) is 39.3 Å². The second-order valence-electron chi connectivity index (χ2n) is 7.33. The quantitative estimate of drug-likeness (QED) is 0.695. The topological polar surface area (TPSA) is 32.8 Å². The highest BCUT2D eigenvalue weighted by atomic mass is 35.5. The zero-order chi connectivity index (χ0) is 19.5. The fraction of sp³-hybridized carbons (Fsp3) is 0.409. The summed E-state index contributed by atoms with van der Waals surface area (Å²) in [7, 11) is 0. The van der Waals surface area contributed by atoms with E-state index in [0.29, 0.717) is 12.6 Å². The lowest BCUT2D eigenvalue weighted by molar-refractivity contribution is -0.141. The maximum Gasteiger partial charge on any atom is 0.302 e. The van der Waals surface area contributed by atoms with E-state index < -0.39 is 0 Å². The van der Waals surface area contributed by atoms with Gasteiger partial charge in [-0.1, -0.05) is 41.6 Å². The monoisotopic (exact) mass is 416 g/mol. The third-order valence-electron chi connectivity index (χ3n) is 5.49. The SMILES string of the molecule is CC(=O)OCCN1CCN(C2Cc3cc(Cl)ccc3Sc3ccccc32)CC1. The van der Waals surface area contributed by atoms with Crippen LogP contribution in [0.1, 0.15) is 24.1 Å². The Morgan fingerprint density at radius 1 is 1.14 bits per heavy atom. The molecule has 2 heterocycles. The second kappa shape index (κ2) is 8.87. The number of rotatable bonds is 4. The Balaban J connectivity index is 1.50. The Labute approximate surface area is 175 Å². The van der Waals surface area contributed by atoms with E-state index in [1.807, 2.05) is 17.8 Å². The lowest BCUT2D eigenvalue weighted by Crippen LogP contribution is -2.48. The van der Waals surface area contributed by atoms with Crippen LogP contribution in [0.4, 0.5) is 0 Å². The Kier molecular flexibility index (Phi) is 6.26. The minimum absolute atomic E-state index is 0.205. The summed E-state index contributed by atoms with van der Waals surface area (Å²) >= 11 is 8.15. The van der Waals surface area contributed by atoms with E-state index in [0.717, 1.165) is 44.2 Å². The molecule has 2 aromatic carbocycles. The zero-order valence-corrected chi connectivity index (χ0v) is 17.6. The maximum absolute atomic E-state index is 11.0. The molecule has 0 bridgehead atoms. The van der Waals surface area contributed by atoms with Crippen molar-refractivity contribution >= 4 is 29.3 Å². The van der Waals surface area contributed by atoms with Gasteiger partial charge >= 0.3 is 5.97 Å². The Hall–Kier alpha value is -1.53. The van der Waals surface area contributed by atoms with Gasteiger partial charge in [-0.15, -0.1) is 0 Å². The van der Waals surface area contributed by atoms with E-state index in [2.05, 4.69) is 46.2 Å². The molecule has 6 heteroatoms. The Morgan fingerprint density at radius 2 is 1.93 bits per heavy atom. The number of halogens is 1. The Bertz CT molecular complexity index is 852. The van der Waals surface area contributed by atoms with Crippen molar-refractivity contribution in [1.82, 2.24) is 9.80 Å². The molecule has 0 amide bonds. The number of benzene rings is 2. The van der Waals surface area contributed by atoms with Crippen LogP contribution in [0.3, 0.4) is 0 Å². The zero-order valence-electron chi connectivity index (χ0n) is 16.1. The first-order chi connectivity index (χ1) is 13.6. The van der Waals surface area contributed by atoms with Gasteiger partial charge in [0.25, 0.3) is 0 Å². The summed E-state index contributed by atoms with van der Waals surface area (Å²) in [6.07, 6.45) is 0.980. The second-order valence-corrected chi connectivity index (χ2v) is 8.85. The molecular formula is C22H25ClN2O2S. The van der Waals surface area contributed by atoms with E-state index in [4.69, 9.17) is 16.3 Å². The minimum Gasteiger partial charge on any atom is -0.465 e. The highest BCUT2D eigenvalue weighted by Crippen LogP contribution is 2.43. The van der Waals surface area contributed by atoms with Gasteiger partial charge in [-0.25, -0.2) is 0 Å². The van der Waals surface area contributed by atoms with Gasteiger partial charge < -0.3 is 4.74 Å². The molecule has 2 aromatic rings. The molecule has 4 nitrogen and oxygen atoms in total. The lowest BCUT2D eigenvalue weighted by Gasteiger charge is -2.39. The summed E-state index contributed by atoms with van der Waals surface area (Å²) in [5, 5.41) is 0.805. The minimum atomic E-state index is -0.205. The summed E-state index contributed by atoms with van der Waals surface area (Å²) in [6, 6.07) is 15.4. The van der Waals surface area contributed by atoms with Gasteiger partial charge in [0.2, 0.25) is 0 Å². The van der Waals surface area contributed by atoms with Crippen LogP contribution in [0.15, 0.2) is 52.3 Å². The molecular weight excluding hydrogens is 392 g/mol. The van der Waals surface area contributed by atoms with Gasteiger partial charge in [-0.3, -0.25) is 14.6 Å². The average Bonchev–Trinajstić information content (AvgIpc) is 2.85. The summed E-state index contributed by atoms with van der Waals surface area (Å²) < 4.78 is 5.09. The predicted octanol–water partition coefficient (Wildman–Crippen LogP) is 4.27. The van der Waals surface area contributed by atoms with E-state index in [9.17, 15) is 4.79 Å². The number of carbonyl (C=O) groups excluding carboxylic acids is 1. The number of nitrogens with zero attached hydrogens (tertiary/aromatic N) is 2. The molecule has 0 N–H and O–H groups in total. The summed E-state index contributed by atoms with van der Waals surface area (Å²) in [6.45, 7) is 6.76. The van der Waals surface area contributed by atoms with Gasteiger partial charge in [0.1, 0.15) is 6.61 Å². The molecule has 2 aliphatic heterocycles. The largest absolute Gasteiger partial charge is 0.465 e. The highest BCUT2D eigenvalue weighted by Gasteiger charge is 2.29.